The Morgan fingerprint density at radius 2 is 2.00 bits per heavy atom. The maximum absolute atomic E-state index is 4.17. The molecule has 0 radical (unpaired) electrons. The maximum atomic E-state index is 4.17. The van der Waals surface area contributed by atoms with Crippen LogP contribution in [0.2, 0.25) is 0 Å². The molecule has 2 heteroatoms. The van der Waals surface area contributed by atoms with Gasteiger partial charge in [-0.1, -0.05) is 26.8 Å². The van der Waals surface area contributed by atoms with E-state index in [1.54, 1.807) is 0 Å². The lowest BCUT2D eigenvalue weighted by atomic mass is 9.90. The minimum Gasteiger partial charge on any atom is -0.317 e. The summed E-state index contributed by atoms with van der Waals surface area (Å²) >= 11 is 0. The lowest BCUT2D eigenvalue weighted by Crippen LogP contribution is -2.28. The number of rotatable bonds is 8. The first-order valence-electron chi connectivity index (χ1n) is 7.18. The topological polar surface area (TPSA) is 24.9 Å². The second kappa shape index (κ2) is 8.25. The number of hydrogen-bond acceptors (Lipinski definition) is 2. The van der Waals surface area contributed by atoms with Crippen LogP contribution in [0.15, 0.2) is 24.5 Å². The van der Waals surface area contributed by atoms with Crippen molar-refractivity contribution in [3.8, 4) is 0 Å². The zero-order valence-electron chi connectivity index (χ0n) is 12.3. The van der Waals surface area contributed by atoms with Crippen LogP contribution in [-0.4, -0.2) is 18.1 Å². The number of nitrogens with one attached hydrogen (secondary N) is 1. The standard InChI is InChI=1S/C16H28N2/c1-13(2)10-14(3)11-16(17-4)8-7-15-6-5-9-18-12-15/h5-6,9,12-14,16-17H,7-8,10-11H2,1-4H3. The summed E-state index contributed by atoms with van der Waals surface area (Å²) in [6, 6.07) is 4.81. The third kappa shape index (κ3) is 6.15. The SMILES string of the molecule is CNC(CCc1cccnc1)CC(C)CC(C)C. The summed E-state index contributed by atoms with van der Waals surface area (Å²) in [5.74, 6) is 1.60. The quantitative estimate of drug-likeness (QED) is 0.759. The number of aryl methyl sites for hydroxylation is 1. The second-order valence-electron chi connectivity index (χ2n) is 5.86. The molecular weight excluding hydrogens is 220 g/mol. The Kier molecular flexibility index (Phi) is 6.96. The number of hydrogen-bond donors (Lipinski definition) is 1. The molecule has 0 saturated heterocycles. The van der Waals surface area contributed by atoms with Crippen LogP contribution < -0.4 is 5.32 Å². The normalized spacial score (nSPS) is 14.7. The van der Waals surface area contributed by atoms with Crippen molar-refractivity contribution in [3.63, 3.8) is 0 Å². The van der Waals surface area contributed by atoms with Crippen molar-refractivity contribution in [2.75, 3.05) is 7.05 Å². The van der Waals surface area contributed by atoms with E-state index >= 15 is 0 Å². The van der Waals surface area contributed by atoms with E-state index in [0.29, 0.717) is 6.04 Å². The van der Waals surface area contributed by atoms with Gasteiger partial charge in [0, 0.05) is 18.4 Å². The Bertz CT molecular complexity index is 308. The van der Waals surface area contributed by atoms with Crippen LogP contribution in [0, 0.1) is 11.8 Å². The molecular formula is C16H28N2. The molecule has 1 rings (SSSR count). The minimum absolute atomic E-state index is 0.624. The molecule has 1 aromatic heterocycles. The highest BCUT2D eigenvalue weighted by atomic mass is 14.9. The zero-order valence-corrected chi connectivity index (χ0v) is 12.3. The van der Waals surface area contributed by atoms with E-state index in [9.17, 15) is 0 Å². The summed E-state index contributed by atoms with van der Waals surface area (Å²) in [5.41, 5.74) is 1.34. The fourth-order valence-corrected chi connectivity index (χ4v) is 2.65. The molecule has 0 aliphatic heterocycles. The van der Waals surface area contributed by atoms with E-state index in [1.165, 1.54) is 24.8 Å². The van der Waals surface area contributed by atoms with Crippen LogP contribution in [0.25, 0.3) is 0 Å². The predicted molar refractivity (Wildman–Crippen MR) is 78.6 cm³/mol. The van der Waals surface area contributed by atoms with Gasteiger partial charge in [0.05, 0.1) is 0 Å². The Labute approximate surface area is 112 Å². The molecule has 0 aromatic carbocycles. The van der Waals surface area contributed by atoms with Gasteiger partial charge in [0.1, 0.15) is 0 Å². The predicted octanol–water partition coefficient (Wildman–Crippen LogP) is 3.67. The fraction of sp³-hybridized carbons (Fsp3) is 0.688. The molecule has 0 aliphatic carbocycles. The van der Waals surface area contributed by atoms with Gasteiger partial charge in [-0.2, -0.15) is 0 Å². The summed E-state index contributed by atoms with van der Waals surface area (Å²) in [6.45, 7) is 6.98. The van der Waals surface area contributed by atoms with Crippen LogP contribution in [0.4, 0.5) is 0 Å². The third-order valence-electron chi connectivity index (χ3n) is 3.47. The molecule has 2 unspecified atom stereocenters. The molecule has 0 aliphatic rings. The van der Waals surface area contributed by atoms with Crippen LogP contribution in [-0.2, 0) is 6.42 Å². The van der Waals surface area contributed by atoms with Gasteiger partial charge in [-0.3, -0.25) is 4.98 Å². The molecule has 1 aromatic rings. The molecule has 18 heavy (non-hydrogen) atoms. The van der Waals surface area contributed by atoms with Gasteiger partial charge in [0.2, 0.25) is 0 Å². The summed E-state index contributed by atoms with van der Waals surface area (Å²) in [4.78, 5) is 4.17. The summed E-state index contributed by atoms with van der Waals surface area (Å²) in [7, 11) is 2.08. The summed E-state index contributed by atoms with van der Waals surface area (Å²) in [5, 5.41) is 3.46. The Hall–Kier alpha value is -0.890. The molecule has 1 N–H and O–H groups in total. The lowest BCUT2D eigenvalue weighted by molar-refractivity contribution is 0.352. The van der Waals surface area contributed by atoms with Crippen molar-refractivity contribution in [2.24, 2.45) is 11.8 Å². The molecule has 0 fully saturated rings. The fourth-order valence-electron chi connectivity index (χ4n) is 2.65. The van der Waals surface area contributed by atoms with Gasteiger partial charge in [-0.15, -0.1) is 0 Å². The average molecular weight is 248 g/mol. The van der Waals surface area contributed by atoms with Crippen molar-refractivity contribution in [1.29, 1.82) is 0 Å². The highest BCUT2D eigenvalue weighted by Crippen LogP contribution is 2.18. The summed E-state index contributed by atoms with van der Waals surface area (Å²) < 4.78 is 0. The largest absolute Gasteiger partial charge is 0.317 e. The molecule has 0 spiro atoms. The van der Waals surface area contributed by atoms with Gasteiger partial charge in [-0.25, -0.2) is 0 Å². The molecule has 2 atom stereocenters. The molecule has 1 heterocycles. The number of aromatic nitrogens is 1. The van der Waals surface area contributed by atoms with E-state index in [4.69, 9.17) is 0 Å². The molecule has 0 amide bonds. The highest BCUT2D eigenvalue weighted by molar-refractivity contribution is 5.08. The minimum atomic E-state index is 0.624. The van der Waals surface area contributed by atoms with Crippen molar-refractivity contribution < 1.29 is 0 Å². The van der Waals surface area contributed by atoms with Gasteiger partial charge in [-0.05, 0) is 56.2 Å². The van der Waals surface area contributed by atoms with E-state index in [1.807, 2.05) is 18.5 Å². The number of nitrogens with zero attached hydrogens (tertiary/aromatic N) is 1. The van der Waals surface area contributed by atoms with Gasteiger partial charge < -0.3 is 5.32 Å². The van der Waals surface area contributed by atoms with E-state index < -0.39 is 0 Å². The Morgan fingerprint density at radius 3 is 2.56 bits per heavy atom. The van der Waals surface area contributed by atoms with E-state index in [2.05, 4.69) is 44.2 Å². The van der Waals surface area contributed by atoms with Gasteiger partial charge in [0.25, 0.3) is 0 Å². The molecule has 102 valence electrons. The second-order valence-corrected chi connectivity index (χ2v) is 5.86. The maximum Gasteiger partial charge on any atom is 0.0299 e. The van der Waals surface area contributed by atoms with Crippen LogP contribution in [0.5, 0.6) is 0 Å². The van der Waals surface area contributed by atoms with Gasteiger partial charge in [0.15, 0.2) is 0 Å². The van der Waals surface area contributed by atoms with Crippen LogP contribution >= 0.6 is 0 Å². The van der Waals surface area contributed by atoms with E-state index in [-0.39, 0.29) is 0 Å². The van der Waals surface area contributed by atoms with Crippen LogP contribution in [0.3, 0.4) is 0 Å². The first-order chi connectivity index (χ1) is 8.61. The zero-order chi connectivity index (χ0) is 13.4. The first-order valence-corrected chi connectivity index (χ1v) is 7.18. The summed E-state index contributed by atoms with van der Waals surface area (Å²) in [6.07, 6.45) is 8.73. The lowest BCUT2D eigenvalue weighted by Gasteiger charge is -2.21. The smallest absolute Gasteiger partial charge is 0.0299 e. The Morgan fingerprint density at radius 1 is 1.22 bits per heavy atom. The van der Waals surface area contributed by atoms with Crippen molar-refractivity contribution in [2.45, 2.75) is 52.5 Å². The van der Waals surface area contributed by atoms with Crippen molar-refractivity contribution in [1.82, 2.24) is 10.3 Å². The number of pyridine rings is 1. The Balaban J connectivity index is 2.33. The van der Waals surface area contributed by atoms with Crippen LogP contribution in [0.1, 0.15) is 45.6 Å². The van der Waals surface area contributed by atoms with Crippen molar-refractivity contribution in [3.05, 3.63) is 30.1 Å². The average Bonchev–Trinajstić information content (AvgIpc) is 2.34. The van der Waals surface area contributed by atoms with E-state index in [0.717, 1.165) is 18.3 Å². The first kappa shape index (κ1) is 15.2. The third-order valence-corrected chi connectivity index (χ3v) is 3.47. The van der Waals surface area contributed by atoms with Gasteiger partial charge >= 0.3 is 0 Å². The van der Waals surface area contributed by atoms with Crippen molar-refractivity contribution >= 4 is 0 Å². The highest BCUT2D eigenvalue weighted by Gasteiger charge is 2.12. The molecule has 2 nitrogen and oxygen atoms in total. The molecule has 0 bridgehead atoms. The molecule has 0 saturated carbocycles. The monoisotopic (exact) mass is 248 g/mol.